The third-order valence-electron chi connectivity index (χ3n) is 1.42. The first-order chi connectivity index (χ1) is 4.63. The molecule has 0 aliphatic heterocycles. The predicted molar refractivity (Wildman–Crippen MR) is 36.5 cm³/mol. The van der Waals surface area contributed by atoms with E-state index in [0.717, 1.165) is 5.82 Å². The van der Waals surface area contributed by atoms with Crippen molar-refractivity contribution in [1.29, 1.82) is 0 Å². The lowest BCUT2D eigenvalue weighted by Crippen LogP contribution is -2.30. The Kier molecular flexibility index (Phi) is 1.87. The molecule has 0 fully saturated rings. The number of imidazole rings is 1. The molecule has 56 valence electrons. The summed E-state index contributed by atoms with van der Waals surface area (Å²) >= 11 is -1.92. The molecule has 0 aliphatic rings. The molecule has 1 atom stereocenters. The molecule has 4 nitrogen and oxygen atoms in total. The first-order valence-electron chi connectivity index (χ1n) is 2.78. The van der Waals surface area contributed by atoms with E-state index in [1.54, 1.807) is 23.9 Å². The van der Waals surface area contributed by atoms with E-state index in [4.69, 9.17) is 4.55 Å². The van der Waals surface area contributed by atoms with Crippen molar-refractivity contribution in [1.82, 2.24) is 3.97 Å². The number of hydrogen-bond donors (Lipinski definition) is 1. The van der Waals surface area contributed by atoms with Gasteiger partial charge in [-0.2, -0.15) is 4.21 Å². The lowest BCUT2D eigenvalue weighted by Gasteiger charge is -1.88. The van der Waals surface area contributed by atoms with Crippen LogP contribution in [0.1, 0.15) is 5.82 Å². The van der Waals surface area contributed by atoms with Gasteiger partial charge in [-0.25, -0.2) is 4.57 Å². The Hall–Kier alpha value is -0.680. The van der Waals surface area contributed by atoms with Gasteiger partial charge in [-0.05, 0) is 0 Å². The second-order valence-electron chi connectivity index (χ2n) is 2.01. The highest BCUT2D eigenvalue weighted by molar-refractivity contribution is 7.77. The van der Waals surface area contributed by atoms with Gasteiger partial charge in [-0.3, -0.25) is 4.55 Å². The van der Waals surface area contributed by atoms with Crippen molar-refractivity contribution in [3.8, 4) is 0 Å². The number of rotatable bonds is 1. The van der Waals surface area contributed by atoms with Crippen LogP contribution in [0.25, 0.3) is 0 Å². The van der Waals surface area contributed by atoms with Crippen LogP contribution >= 0.6 is 0 Å². The Balaban J connectivity index is 3.17. The summed E-state index contributed by atoms with van der Waals surface area (Å²) in [6.07, 6.45) is 3.29. The van der Waals surface area contributed by atoms with Crippen molar-refractivity contribution < 1.29 is 13.3 Å². The molecule has 0 saturated carbocycles. The number of nitrogens with zero attached hydrogens (tertiary/aromatic N) is 2. The summed E-state index contributed by atoms with van der Waals surface area (Å²) in [5, 5.41) is 0. The minimum absolute atomic E-state index is 0.751. The van der Waals surface area contributed by atoms with E-state index >= 15 is 0 Å². The summed E-state index contributed by atoms with van der Waals surface area (Å²) in [5.41, 5.74) is 0. The largest absolute Gasteiger partial charge is 0.356 e. The molecule has 1 rings (SSSR count). The lowest BCUT2D eigenvalue weighted by molar-refractivity contribution is -0.676. The SMILES string of the molecule is Cc1n(S(=O)O)cc[n+]1C. The van der Waals surface area contributed by atoms with Crippen LogP contribution in [0.5, 0.6) is 0 Å². The quantitative estimate of drug-likeness (QED) is 0.450. The fraction of sp³-hybridized carbons (Fsp3) is 0.400. The van der Waals surface area contributed by atoms with Crippen LogP contribution in [0.2, 0.25) is 0 Å². The summed E-state index contributed by atoms with van der Waals surface area (Å²) in [7, 11) is 1.82. The molecule has 0 aromatic carbocycles. The molecule has 1 N–H and O–H groups in total. The standard InChI is InChI=1S/C5H8N2O2S/c1-5-6(2)3-4-7(5)10(8)9/h3-4H,1-2H3/p+1. The predicted octanol–water partition coefficient (Wildman–Crippen LogP) is -0.394. The van der Waals surface area contributed by atoms with Crippen molar-refractivity contribution in [2.45, 2.75) is 6.92 Å². The molecule has 1 aromatic rings. The van der Waals surface area contributed by atoms with E-state index < -0.39 is 11.3 Å². The van der Waals surface area contributed by atoms with Crippen molar-refractivity contribution in [3.63, 3.8) is 0 Å². The average Bonchev–Trinajstić information content (AvgIpc) is 2.14. The maximum atomic E-state index is 10.5. The smallest absolute Gasteiger partial charge is 0.271 e. The Morgan fingerprint density at radius 3 is 2.60 bits per heavy atom. The van der Waals surface area contributed by atoms with Crippen LogP contribution in [0.3, 0.4) is 0 Å². The normalized spacial score (nSPS) is 13.5. The Bertz CT molecular complexity index is 269. The van der Waals surface area contributed by atoms with Crippen LogP contribution < -0.4 is 4.57 Å². The van der Waals surface area contributed by atoms with Gasteiger partial charge in [0.15, 0.2) is 0 Å². The van der Waals surface area contributed by atoms with Crippen molar-refractivity contribution in [3.05, 3.63) is 18.2 Å². The first kappa shape index (κ1) is 7.43. The van der Waals surface area contributed by atoms with Gasteiger partial charge in [0.2, 0.25) is 0 Å². The van der Waals surface area contributed by atoms with Crippen molar-refractivity contribution in [2.24, 2.45) is 7.05 Å². The minimum Gasteiger partial charge on any atom is -0.271 e. The molecule has 0 saturated heterocycles. The van der Waals surface area contributed by atoms with E-state index in [9.17, 15) is 4.21 Å². The molecule has 0 radical (unpaired) electrons. The van der Waals surface area contributed by atoms with E-state index in [-0.39, 0.29) is 0 Å². The molecule has 0 spiro atoms. The zero-order chi connectivity index (χ0) is 7.72. The zero-order valence-electron chi connectivity index (χ0n) is 5.81. The number of aromatic nitrogens is 2. The molecule has 10 heavy (non-hydrogen) atoms. The van der Waals surface area contributed by atoms with Crippen LogP contribution in [0.4, 0.5) is 0 Å². The Morgan fingerprint density at radius 2 is 2.40 bits per heavy atom. The second kappa shape index (κ2) is 2.51. The summed E-state index contributed by atoms with van der Waals surface area (Å²) < 4.78 is 22.2. The number of aryl methyl sites for hydroxylation is 1. The van der Waals surface area contributed by atoms with Crippen LogP contribution in [0.15, 0.2) is 12.4 Å². The zero-order valence-corrected chi connectivity index (χ0v) is 6.63. The van der Waals surface area contributed by atoms with E-state index in [1.807, 2.05) is 7.05 Å². The highest BCUT2D eigenvalue weighted by Gasteiger charge is 2.12. The molecule has 0 aliphatic carbocycles. The third-order valence-corrected chi connectivity index (χ3v) is 2.15. The summed E-state index contributed by atoms with van der Waals surface area (Å²) in [5.74, 6) is 0.751. The van der Waals surface area contributed by atoms with E-state index in [1.165, 1.54) is 3.97 Å². The Morgan fingerprint density at radius 1 is 1.80 bits per heavy atom. The van der Waals surface area contributed by atoms with Gasteiger partial charge in [0, 0.05) is 6.92 Å². The second-order valence-corrected chi connectivity index (χ2v) is 2.87. The highest BCUT2D eigenvalue weighted by atomic mass is 32.2. The summed E-state index contributed by atoms with van der Waals surface area (Å²) in [4.78, 5) is 0. The molecular weight excluding hydrogens is 152 g/mol. The summed E-state index contributed by atoms with van der Waals surface area (Å²) in [6, 6.07) is 0. The van der Waals surface area contributed by atoms with Gasteiger partial charge in [0.1, 0.15) is 12.4 Å². The van der Waals surface area contributed by atoms with Crippen molar-refractivity contribution >= 4 is 11.3 Å². The maximum Gasteiger partial charge on any atom is 0.356 e. The fourth-order valence-corrected chi connectivity index (χ4v) is 1.21. The maximum absolute atomic E-state index is 10.5. The van der Waals surface area contributed by atoms with Gasteiger partial charge in [-0.1, -0.05) is 0 Å². The van der Waals surface area contributed by atoms with Gasteiger partial charge in [0.25, 0.3) is 5.82 Å². The van der Waals surface area contributed by atoms with Gasteiger partial charge < -0.3 is 0 Å². The van der Waals surface area contributed by atoms with Crippen LogP contribution in [-0.2, 0) is 18.3 Å². The number of hydrogen-bond acceptors (Lipinski definition) is 1. The van der Waals surface area contributed by atoms with Crippen molar-refractivity contribution in [2.75, 3.05) is 0 Å². The molecular formula is C5H9N2O2S+. The Labute approximate surface area is 61.5 Å². The molecule has 1 unspecified atom stereocenters. The molecule has 1 heterocycles. The minimum atomic E-state index is -1.92. The monoisotopic (exact) mass is 161 g/mol. The van der Waals surface area contributed by atoms with Gasteiger partial charge >= 0.3 is 11.3 Å². The molecule has 0 amide bonds. The highest BCUT2D eigenvalue weighted by Crippen LogP contribution is 1.91. The van der Waals surface area contributed by atoms with Gasteiger partial charge in [0.05, 0.1) is 7.05 Å². The molecule has 1 aromatic heterocycles. The summed E-state index contributed by atoms with van der Waals surface area (Å²) in [6.45, 7) is 1.77. The lowest BCUT2D eigenvalue weighted by atomic mass is 10.7. The van der Waals surface area contributed by atoms with E-state index in [2.05, 4.69) is 0 Å². The third kappa shape index (κ3) is 1.10. The van der Waals surface area contributed by atoms with Gasteiger partial charge in [-0.15, -0.1) is 3.97 Å². The molecule has 0 bridgehead atoms. The van der Waals surface area contributed by atoms with Crippen LogP contribution in [0, 0.1) is 6.92 Å². The topological polar surface area (TPSA) is 46.1 Å². The van der Waals surface area contributed by atoms with Crippen LogP contribution in [-0.4, -0.2) is 12.7 Å². The average molecular weight is 161 g/mol. The van der Waals surface area contributed by atoms with E-state index in [0.29, 0.717) is 0 Å². The molecule has 5 heteroatoms. The fourth-order valence-electron chi connectivity index (χ4n) is 0.697. The first-order valence-corrected chi connectivity index (χ1v) is 3.84.